The highest BCUT2D eigenvalue weighted by Crippen LogP contribution is 2.34. The normalized spacial score (nSPS) is 19.0. The van der Waals surface area contributed by atoms with Crippen LogP contribution in [0.5, 0.6) is 0 Å². The second-order valence-electron chi connectivity index (χ2n) is 4.54. The molecule has 1 amide bonds. The van der Waals surface area contributed by atoms with Crippen molar-refractivity contribution in [2.45, 2.75) is 11.7 Å². The Morgan fingerprint density at radius 3 is 2.52 bits per heavy atom. The van der Waals surface area contributed by atoms with Gasteiger partial charge in [0.1, 0.15) is 5.25 Å². The number of nitro benzene ring substituents is 1. The monoisotopic (exact) mass is 318 g/mol. The number of hydrogen-bond donors (Lipinski definition) is 2. The Morgan fingerprint density at radius 2 is 2.05 bits per heavy atom. The number of hydrogen-bond acceptors (Lipinski definition) is 6. The SMILES string of the molecule is Nc1cc(F)c([N+](=O)[O-])cc1N1CC(S(N)(=O)=O)CC1=O. The summed E-state index contributed by atoms with van der Waals surface area (Å²) in [6.07, 6.45) is -0.358. The van der Waals surface area contributed by atoms with Crippen LogP contribution < -0.4 is 15.8 Å². The van der Waals surface area contributed by atoms with Gasteiger partial charge in [-0.3, -0.25) is 14.9 Å². The number of carbonyl (C=O) groups is 1. The molecule has 2 rings (SSSR count). The molecular weight excluding hydrogens is 307 g/mol. The Kier molecular flexibility index (Phi) is 3.55. The summed E-state index contributed by atoms with van der Waals surface area (Å²) in [5.41, 5.74) is 4.38. The summed E-state index contributed by atoms with van der Waals surface area (Å²) in [6.45, 7) is -0.287. The van der Waals surface area contributed by atoms with Gasteiger partial charge in [-0.2, -0.15) is 4.39 Å². The van der Waals surface area contributed by atoms with Gasteiger partial charge in [0.2, 0.25) is 21.7 Å². The van der Waals surface area contributed by atoms with E-state index in [0.29, 0.717) is 6.07 Å². The molecular formula is C10H11FN4O5S. The maximum atomic E-state index is 13.4. The van der Waals surface area contributed by atoms with E-state index in [1.165, 1.54) is 0 Å². The zero-order chi connectivity index (χ0) is 15.9. The number of nitro groups is 1. The van der Waals surface area contributed by atoms with E-state index in [9.17, 15) is 27.7 Å². The van der Waals surface area contributed by atoms with Crippen LogP contribution >= 0.6 is 0 Å². The predicted octanol–water partition coefficient (Wildman–Crippen LogP) is -0.290. The number of benzene rings is 1. The lowest BCUT2D eigenvalue weighted by atomic mass is 10.2. The molecule has 11 heteroatoms. The molecule has 1 heterocycles. The van der Waals surface area contributed by atoms with Gasteiger partial charge in [0, 0.05) is 25.1 Å². The molecule has 1 aromatic rings. The highest BCUT2D eigenvalue weighted by atomic mass is 32.2. The molecule has 0 saturated carbocycles. The number of carbonyl (C=O) groups excluding carboxylic acids is 1. The van der Waals surface area contributed by atoms with Gasteiger partial charge in [0.25, 0.3) is 0 Å². The standard InChI is InChI=1S/C10H11FN4O5S/c11-6-2-7(12)9(3-8(6)15(17)18)14-4-5(1-10(14)16)21(13,19)20/h2-3,5H,1,4,12H2,(H2,13,19,20). The van der Waals surface area contributed by atoms with Crippen LogP contribution in [0.25, 0.3) is 0 Å². The van der Waals surface area contributed by atoms with Gasteiger partial charge in [-0.1, -0.05) is 0 Å². The Morgan fingerprint density at radius 1 is 1.43 bits per heavy atom. The van der Waals surface area contributed by atoms with Crippen LogP contribution in [0.3, 0.4) is 0 Å². The Hall–Kier alpha value is -2.27. The topological polar surface area (TPSA) is 150 Å². The van der Waals surface area contributed by atoms with Crippen molar-refractivity contribution in [2.24, 2.45) is 5.14 Å². The molecule has 21 heavy (non-hydrogen) atoms. The third kappa shape index (κ3) is 2.78. The first-order chi connectivity index (χ1) is 9.61. The predicted molar refractivity (Wildman–Crippen MR) is 71.3 cm³/mol. The van der Waals surface area contributed by atoms with Crippen LogP contribution in [-0.4, -0.2) is 31.0 Å². The van der Waals surface area contributed by atoms with E-state index in [1.807, 2.05) is 0 Å². The van der Waals surface area contributed by atoms with E-state index in [4.69, 9.17) is 10.9 Å². The number of nitrogens with two attached hydrogens (primary N) is 2. The molecule has 4 N–H and O–H groups in total. The van der Waals surface area contributed by atoms with E-state index < -0.39 is 37.6 Å². The van der Waals surface area contributed by atoms with Crippen molar-refractivity contribution < 1.29 is 22.5 Å². The number of amides is 1. The zero-order valence-electron chi connectivity index (χ0n) is 10.5. The van der Waals surface area contributed by atoms with Crippen molar-refractivity contribution in [1.29, 1.82) is 0 Å². The maximum absolute atomic E-state index is 13.4. The first-order valence-electron chi connectivity index (χ1n) is 5.66. The second-order valence-corrected chi connectivity index (χ2v) is 6.38. The maximum Gasteiger partial charge on any atom is 0.307 e. The van der Waals surface area contributed by atoms with Gasteiger partial charge in [0.15, 0.2) is 0 Å². The fourth-order valence-corrected chi connectivity index (χ4v) is 2.80. The molecule has 0 radical (unpaired) electrons. The van der Waals surface area contributed by atoms with Gasteiger partial charge >= 0.3 is 5.69 Å². The van der Waals surface area contributed by atoms with Crippen molar-refractivity contribution in [3.05, 3.63) is 28.1 Å². The third-order valence-electron chi connectivity index (χ3n) is 3.14. The lowest BCUT2D eigenvalue weighted by Gasteiger charge is -2.18. The number of anilines is 2. The van der Waals surface area contributed by atoms with Crippen LogP contribution in [0.2, 0.25) is 0 Å². The molecule has 1 aliphatic heterocycles. The van der Waals surface area contributed by atoms with Gasteiger partial charge in [0.05, 0.1) is 16.3 Å². The van der Waals surface area contributed by atoms with Crippen molar-refractivity contribution in [1.82, 2.24) is 0 Å². The van der Waals surface area contributed by atoms with Crippen molar-refractivity contribution in [3.63, 3.8) is 0 Å². The van der Waals surface area contributed by atoms with Crippen LogP contribution in [0.4, 0.5) is 21.5 Å². The molecule has 114 valence electrons. The molecule has 1 unspecified atom stereocenters. The van der Waals surface area contributed by atoms with E-state index in [1.54, 1.807) is 0 Å². The van der Waals surface area contributed by atoms with E-state index >= 15 is 0 Å². The van der Waals surface area contributed by atoms with Gasteiger partial charge in [-0.25, -0.2) is 13.6 Å². The lowest BCUT2D eigenvalue weighted by Crippen LogP contribution is -2.32. The average Bonchev–Trinajstić information content (AvgIpc) is 2.70. The molecule has 1 aromatic carbocycles. The molecule has 0 spiro atoms. The summed E-state index contributed by atoms with van der Waals surface area (Å²) in [4.78, 5) is 22.5. The summed E-state index contributed by atoms with van der Waals surface area (Å²) in [7, 11) is -3.94. The summed E-state index contributed by atoms with van der Waals surface area (Å²) >= 11 is 0. The molecule has 9 nitrogen and oxygen atoms in total. The highest BCUT2D eigenvalue weighted by molar-refractivity contribution is 7.89. The summed E-state index contributed by atoms with van der Waals surface area (Å²) in [5.74, 6) is -1.75. The van der Waals surface area contributed by atoms with E-state index in [2.05, 4.69) is 0 Å². The Balaban J connectivity index is 2.45. The molecule has 0 aromatic heterocycles. The minimum absolute atomic E-state index is 0.112. The van der Waals surface area contributed by atoms with Crippen LogP contribution in [0.1, 0.15) is 6.42 Å². The molecule has 1 atom stereocenters. The van der Waals surface area contributed by atoms with Crippen molar-refractivity contribution >= 4 is 33.0 Å². The van der Waals surface area contributed by atoms with Gasteiger partial charge in [-0.15, -0.1) is 0 Å². The third-order valence-corrected chi connectivity index (χ3v) is 4.38. The molecule has 0 aliphatic carbocycles. The molecule has 1 saturated heterocycles. The number of sulfonamides is 1. The zero-order valence-corrected chi connectivity index (χ0v) is 11.3. The highest BCUT2D eigenvalue weighted by Gasteiger charge is 2.38. The lowest BCUT2D eigenvalue weighted by molar-refractivity contribution is -0.387. The van der Waals surface area contributed by atoms with Gasteiger partial charge in [-0.05, 0) is 0 Å². The van der Waals surface area contributed by atoms with Crippen LogP contribution in [0.15, 0.2) is 12.1 Å². The van der Waals surface area contributed by atoms with Crippen molar-refractivity contribution in [2.75, 3.05) is 17.2 Å². The number of halogens is 1. The number of nitrogens with zero attached hydrogens (tertiary/aromatic N) is 2. The van der Waals surface area contributed by atoms with Crippen LogP contribution in [0, 0.1) is 15.9 Å². The van der Waals surface area contributed by atoms with E-state index in [-0.39, 0.29) is 24.3 Å². The van der Waals surface area contributed by atoms with E-state index in [0.717, 1.165) is 11.0 Å². The Labute approximate surface area is 118 Å². The van der Waals surface area contributed by atoms with Crippen molar-refractivity contribution in [3.8, 4) is 0 Å². The molecule has 1 fully saturated rings. The minimum atomic E-state index is -3.94. The smallest absolute Gasteiger partial charge is 0.307 e. The largest absolute Gasteiger partial charge is 0.397 e. The summed E-state index contributed by atoms with van der Waals surface area (Å²) in [6, 6.07) is 1.51. The Bertz CT molecular complexity index is 735. The number of nitrogen functional groups attached to an aromatic ring is 1. The minimum Gasteiger partial charge on any atom is -0.397 e. The second kappa shape index (κ2) is 4.93. The molecule has 0 bridgehead atoms. The van der Waals surface area contributed by atoms with Crippen LogP contribution in [-0.2, 0) is 14.8 Å². The number of primary sulfonamides is 1. The summed E-state index contributed by atoms with van der Waals surface area (Å²) < 4.78 is 35.9. The summed E-state index contributed by atoms with van der Waals surface area (Å²) in [5, 5.41) is 14.6. The fraction of sp³-hybridized carbons (Fsp3) is 0.300. The first kappa shape index (κ1) is 15.1. The average molecular weight is 318 g/mol. The fourth-order valence-electron chi connectivity index (χ4n) is 2.07. The first-order valence-corrected chi connectivity index (χ1v) is 7.27. The molecule has 1 aliphatic rings. The number of rotatable bonds is 3. The quantitative estimate of drug-likeness (QED) is 0.444. The van der Waals surface area contributed by atoms with Gasteiger partial charge < -0.3 is 10.6 Å².